The number of hydrogen-bond acceptors (Lipinski definition) is 5. The van der Waals surface area contributed by atoms with E-state index in [-0.39, 0.29) is 17.6 Å². The summed E-state index contributed by atoms with van der Waals surface area (Å²) >= 11 is 1.23. The molecule has 0 saturated heterocycles. The fraction of sp³-hybridized carbons (Fsp3) is 0.182. The van der Waals surface area contributed by atoms with E-state index in [2.05, 4.69) is 20.5 Å². The molecule has 6 nitrogen and oxygen atoms in total. The van der Waals surface area contributed by atoms with Crippen molar-refractivity contribution in [2.45, 2.75) is 12.1 Å². The van der Waals surface area contributed by atoms with Crippen LogP contribution in [0.2, 0.25) is 0 Å². The Labute approximate surface area is 108 Å². The van der Waals surface area contributed by atoms with E-state index < -0.39 is 0 Å². The van der Waals surface area contributed by atoms with Crippen molar-refractivity contribution in [1.29, 1.82) is 0 Å². The third-order valence-electron chi connectivity index (χ3n) is 2.23. The highest BCUT2D eigenvalue weighted by molar-refractivity contribution is 7.99. The largest absolute Gasteiger partial charge is 0.368 e. The zero-order chi connectivity index (χ0) is 13.0. The van der Waals surface area contributed by atoms with Gasteiger partial charge < -0.3 is 11.1 Å². The van der Waals surface area contributed by atoms with Gasteiger partial charge >= 0.3 is 0 Å². The number of amides is 1. The van der Waals surface area contributed by atoms with E-state index in [1.807, 2.05) is 31.2 Å². The smallest absolute Gasteiger partial charge is 0.234 e. The lowest BCUT2D eigenvalue weighted by molar-refractivity contribution is -0.113. The Morgan fingerprint density at radius 1 is 1.50 bits per heavy atom. The van der Waals surface area contributed by atoms with Crippen LogP contribution >= 0.6 is 11.8 Å². The quantitative estimate of drug-likeness (QED) is 0.725. The number of carbonyl (C=O) groups is 1. The molecule has 0 bridgehead atoms. The fourth-order valence-electron chi connectivity index (χ4n) is 1.35. The van der Waals surface area contributed by atoms with Gasteiger partial charge in [-0.2, -0.15) is 4.98 Å². The fourth-order valence-corrected chi connectivity index (χ4v) is 1.96. The summed E-state index contributed by atoms with van der Waals surface area (Å²) in [4.78, 5) is 15.6. The average Bonchev–Trinajstić information content (AvgIpc) is 2.76. The minimum absolute atomic E-state index is 0.0994. The van der Waals surface area contributed by atoms with Gasteiger partial charge in [-0.3, -0.25) is 4.79 Å². The van der Waals surface area contributed by atoms with Crippen LogP contribution in [0.3, 0.4) is 0 Å². The molecule has 0 atom stereocenters. The number of rotatable bonds is 4. The summed E-state index contributed by atoms with van der Waals surface area (Å²) in [6, 6.07) is 7.61. The normalized spacial score (nSPS) is 10.3. The Bertz CT molecular complexity index is 554. The number of aromatic amines is 1. The lowest BCUT2D eigenvalue weighted by Crippen LogP contribution is -2.14. The molecule has 1 aromatic carbocycles. The lowest BCUT2D eigenvalue weighted by Gasteiger charge is -2.06. The number of thioether (sulfide) groups is 1. The number of nitrogen functional groups attached to an aromatic ring is 1. The van der Waals surface area contributed by atoms with Crippen LogP contribution in [0.25, 0.3) is 0 Å². The van der Waals surface area contributed by atoms with E-state index in [0.717, 1.165) is 11.3 Å². The number of anilines is 2. The molecule has 0 aliphatic carbocycles. The minimum Gasteiger partial charge on any atom is -0.368 e. The second kappa shape index (κ2) is 5.54. The molecule has 2 aromatic rings. The number of carbonyl (C=O) groups excluding carboxylic acids is 1. The number of nitrogens with two attached hydrogens (primary N) is 1. The maximum Gasteiger partial charge on any atom is 0.234 e. The van der Waals surface area contributed by atoms with Crippen LogP contribution in [0.4, 0.5) is 11.6 Å². The number of H-pyrrole nitrogens is 1. The zero-order valence-electron chi connectivity index (χ0n) is 9.80. The number of nitrogens with zero attached hydrogens (tertiary/aromatic N) is 2. The van der Waals surface area contributed by atoms with Crippen LogP contribution in [0.1, 0.15) is 5.56 Å². The molecule has 0 radical (unpaired) electrons. The minimum atomic E-state index is -0.0994. The molecule has 1 heterocycles. The van der Waals surface area contributed by atoms with Crippen LogP contribution in [-0.4, -0.2) is 26.8 Å². The molecule has 0 aliphatic heterocycles. The number of hydrogen-bond donors (Lipinski definition) is 3. The topological polar surface area (TPSA) is 96.7 Å². The number of benzene rings is 1. The van der Waals surface area contributed by atoms with Gasteiger partial charge in [-0.1, -0.05) is 30.0 Å². The summed E-state index contributed by atoms with van der Waals surface area (Å²) < 4.78 is 0. The van der Waals surface area contributed by atoms with Crippen LogP contribution < -0.4 is 11.1 Å². The predicted molar refractivity (Wildman–Crippen MR) is 71.3 cm³/mol. The van der Waals surface area contributed by atoms with E-state index in [1.54, 1.807) is 0 Å². The Morgan fingerprint density at radius 3 is 2.94 bits per heavy atom. The van der Waals surface area contributed by atoms with E-state index in [0.29, 0.717) is 5.16 Å². The third kappa shape index (κ3) is 3.24. The van der Waals surface area contributed by atoms with E-state index in [4.69, 9.17) is 5.73 Å². The van der Waals surface area contributed by atoms with Gasteiger partial charge in [0.15, 0.2) is 0 Å². The first-order valence-corrected chi connectivity index (χ1v) is 6.30. The zero-order valence-corrected chi connectivity index (χ0v) is 10.6. The van der Waals surface area contributed by atoms with Crippen molar-refractivity contribution >= 4 is 29.3 Å². The molecular formula is C11H13N5OS. The highest BCUT2D eigenvalue weighted by atomic mass is 32.2. The molecule has 0 spiro atoms. The molecule has 2 rings (SSSR count). The predicted octanol–water partition coefficient (Wildman–Crippen LogP) is 1.43. The summed E-state index contributed by atoms with van der Waals surface area (Å²) in [5, 5.41) is 9.65. The molecule has 0 unspecified atom stereocenters. The van der Waals surface area contributed by atoms with Crippen molar-refractivity contribution in [1.82, 2.24) is 15.2 Å². The van der Waals surface area contributed by atoms with Crippen LogP contribution in [0.5, 0.6) is 0 Å². The van der Waals surface area contributed by atoms with Crippen molar-refractivity contribution in [2.24, 2.45) is 0 Å². The molecule has 1 amide bonds. The SMILES string of the molecule is Cc1ccccc1NC(=O)CSc1n[nH]c(N)n1. The van der Waals surface area contributed by atoms with Gasteiger partial charge in [-0.15, -0.1) is 5.10 Å². The summed E-state index contributed by atoms with van der Waals surface area (Å²) in [7, 11) is 0. The maximum atomic E-state index is 11.7. The number of aryl methyl sites for hydroxylation is 1. The number of aromatic nitrogens is 3. The van der Waals surface area contributed by atoms with E-state index in [9.17, 15) is 4.79 Å². The molecule has 0 saturated carbocycles. The Kier molecular flexibility index (Phi) is 3.83. The Morgan fingerprint density at radius 2 is 2.28 bits per heavy atom. The Hall–Kier alpha value is -2.02. The summed E-state index contributed by atoms with van der Waals surface area (Å²) in [6.45, 7) is 1.94. The lowest BCUT2D eigenvalue weighted by atomic mass is 10.2. The Balaban J connectivity index is 1.88. The van der Waals surface area contributed by atoms with Gasteiger partial charge in [0.25, 0.3) is 0 Å². The van der Waals surface area contributed by atoms with Crippen molar-refractivity contribution in [3.05, 3.63) is 29.8 Å². The van der Waals surface area contributed by atoms with Gasteiger partial charge in [0, 0.05) is 5.69 Å². The van der Waals surface area contributed by atoms with Crippen LogP contribution in [0.15, 0.2) is 29.4 Å². The first kappa shape index (κ1) is 12.4. The molecule has 7 heteroatoms. The van der Waals surface area contributed by atoms with E-state index >= 15 is 0 Å². The van der Waals surface area contributed by atoms with E-state index in [1.165, 1.54) is 11.8 Å². The monoisotopic (exact) mass is 263 g/mol. The summed E-state index contributed by atoms with van der Waals surface area (Å²) in [5.74, 6) is 0.389. The van der Waals surface area contributed by atoms with Crippen molar-refractivity contribution in [2.75, 3.05) is 16.8 Å². The van der Waals surface area contributed by atoms with Crippen LogP contribution in [0, 0.1) is 6.92 Å². The second-order valence-electron chi connectivity index (χ2n) is 3.65. The molecular weight excluding hydrogens is 250 g/mol. The molecule has 18 heavy (non-hydrogen) atoms. The van der Waals surface area contributed by atoms with Gasteiger partial charge in [-0.05, 0) is 18.6 Å². The molecule has 0 aliphatic rings. The maximum absolute atomic E-state index is 11.7. The summed E-state index contributed by atoms with van der Waals surface area (Å²) in [6.07, 6.45) is 0. The highest BCUT2D eigenvalue weighted by Crippen LogP contribution is 2.16. The average molecular weight is 263 g/mol. The number of nitrogens with one attached hydrogen (secondary N) is 2. The van der Waals surface area contributed by atoms with Gasteiger partial charge in [0.05, 0.1) is 5.75 Å². The second-order valence-corrected chi connectivity index (χ2v) is 4.60. The van der Waals surface area contributed by atoms with Crippen molar-refractivity contribution in [3.63, 3.8) is 0 Å². The first-order valence-electron chi connectivity index (χ1n) is 5.31. The first-order chi connectivity index (χ1) is 8.65. The van der Waals surface area contributed by atoms with Crippen LogP contribution in [-0.2, 0) is 4.79 Å². The van der Waals surface area contributed by atoms with Crippen molar-refractivity contribution in [3.8, 4) is 0 Å². The molecule has 4 N–H and O–H groups in total. The van der Waals surface area contributed by atoms with Crippen molar-refractivity contribution < 1.29 is 4.79 Å². The van der Waals surface area contributed by atoms with Gasteiger partial charge in [0.2, 0.25) is 17.0 Å². The molecule has 1 aromatic heterocycles. The molecule has 94 valence electrons. The summed E-state index contributed by atoms with van der Waals surface area (Å²) in [5.41, 5.74) is 7.23. The number of para-hydroxylation sites is 1. The van der Waals surface area contributed by atoms with Gasteiger partial charge in [-0.25, -0.2) is 5.10 Å². The third-order valence-corrected chi connectivity index (χ3v) is 3.08. The van der Waals surface area contributed by atoms with Gasteiger partial charge in [0.1, 0.15) is 0 Å². The highest BCUT2D eigenvalue weighted by Gasteiger charge is 2.07. The molecule has 0 fully saturated rings. The standard InChI is InChI=1S/C11H13N5OS/c1-7-4-2-3-5-8(7)13-9(17)6-18-11-14-10(12)15-16-11/h2-5H,6H2,1H3,(H,13,17)(H3,12,14,15,16).